The molecular formula is C16H11F8N. The Labute approximate surface area is 137 Å². The number of pyridine rings is 1. The number of hydrogen-bond donors (Lipinski definition) is 0. The van der Waals surface area contributed by atoms with Crippen LogP contribution < -0.4 is 0 Å². The molecule has 0 unspecified atom stereocenters. The first-order chi connectivity index (χ1) is 11.3. The van der Waals surface area contributed by atoms with Gasteiger partial charge in [-0.25, -0.2) is 9.37 Å². The van der Waals surface area contributed by atoms with E-state index < -0.39 is 40.7 Å². The highest BCUT2D eigenvalue weighted by atomic mass is 19.4. The normalized spacial score (nSPS) is 13.2. The third-order valence-corrected chi connectivity index (χ3v) is 3.66. The summed E-state index contributed by atoms with van der Waals surface area (Å²) in [6, 6.07) is 3.73. The highest BCUT2D eigenvalue weighted by molar-refractivity contribution is 5.73. The van der Waals surface area contributed by atoms with Crippen LogP contribution >= 0.6 is 0 Å². The van der Waals surface area contributed by atoms with Crippen LogP contribution in [0.15, 0.2) is 30.5 Å². The smallest absolute Gasteiger partial charge is 0.228 e. The predicted molar refractivity (Wildman–Crippen MR) is 74.0 cm³/mol. The van der Waals surface area contributed by atoms with Gasteiger partial charge in [0.1, 0.15) is 0 Å². The molecule has 0 atom stereocenters. The van der Waals surface area contributed by atoms with Gasteiger partial charge in [-0.1, -0.05) is 17.7 Å². The molecule has 0 radical (unpaired) electrons. The fourth-order valence-corrected chi connectivity index (χ4v) is 2.64. The van der Waals surface area contributed by atoms with Crippen molar-refractivity contribution in [1.29, 1.82) is 0 Å². The van der Waals surface area contributed by atoms with Gasteiger partial charge < -0.3 is 0 Å². The van der Waals surface area contributed by atoms with Gasteiger partial charge in [-0.2, -0.15) is 30.7 Å². The highest BCUT2D eigenvalue weighted by Crippen LogP contribution is 2.55. The third kappa shape index (κ3) is 3.07. The lowest BCUT2D eigenvalue weighted by Crippen LogP contribution is -2.50. The molecule has 0 bridgehead atoms. The molecular weight excluding hydrogens is 358 g/mol. The first kappa shape index (κ1) is 19.1. The number of aryl methyl sites for hydroxylation is 2. The van der Waals surface area contributed by atoms with Crippen LogP contribution in [0.2, 0.25) is 0 Å². The van der Waals surface area contributed by atoms with Gasteiger partial charge in [-0.15, -0.1) is 0 Å². The van der Waals surface area contributed by atoms with Gasteiger partial charge in [-0.05, 0) is 37.1 Å². The standard InChI is InChI=1S/C16H11F8N/c1-8-6-9(2)12(10-4-3-5-25-13(10)17)11(7-8)14(18,15(19,20)21)16(22,23)24/h3-7H,1-2H3. The van der Waals surface area contributed by atoms with Crippen molar-refractivity contribution in [2.24, 2.45) is 0 Å². The van der Waals surface area contributed by atoms with Crippen molar-refractivity contribution in [2.75, 3.05) is 0 Å². The van der Waals surface area contributed by atoms with E-state index in [4.69, 9.17) is 0 Å². The van der Waals surface area contributed by atoms with Gasteiger partial charge in [0.15, 0.2) is 0 Å². The van der Waals surface area contributed by atoms with Gasteiger partial charge in [0, 0.05) is 17.3 Å². The maximum absolute atomic E-state index is 14.6. The molecule has 2 rings (SSSR count). The summed E-state index contributed by atoms with van der Waals surface area (Å²) in [5, 5.41) is 0. The second-order valence-corrected chi connectivity index (χ2v) is 5.50. The van der Waals surface area contributed by atoms with Crippen molar-refractivity contribution in [2.45, 2.75) is 31.9 Å². The van der Waals surface area contributed by atoms with Gasteiger partial charge in [0.25, 0.3) is 0 Å². The Hall–Kier alpha value is -2.19. The Bertz CT molecular complexity index is 778. The summed E-state index contributed by atoms with van der Waals surface area (Å²) in [5.74, 6) is -1.30. The molecule has 1 aromatic carbocycles. The molecule has 1 aromatic heterocycles. The summed E-state index contributed by atoms with van der Waals surface area (Å²) >= 11 is 0. The van der Waals surface area contributed by atoms with Crippen LogP contribution in [0.1, 0.15) is 16.7 Å². The number of hydrogen-bond acceptors (Lipinski definition) is 1. The molecule has 0 aliphatic carbocycles. The number of alkyl halides is 7. The van der Waals surface area contributed by atoms with Crippen LogP contribution in [-0.2, 0) is 5.67 Å². The fourth-order valence-electron chi connectivity index (χ4n) is 2.64. The van der Waals surface area contributed by atoms with Crippen molar-refractivity contribution in [3.8, 4) is 11.1 Å². The third-order valence-electron chi connectivity index (χ3n) is 3.66. The fraction of sp³-hybridized carbons (Fsp3) is 0.312. The van der Waals surface area contributed by atoms with Crippen LogP contribution in [0, 0.1) is 19.8 Å². The molecule has 0 aliphatic rings. The van der Waals surface area contributed by atoms with E-state index in [1.807, 2.05) is 0 Å². The van der Waals surface area contributed by atoms with E-state index in [-0.39, 0.29) is 11.1 Å². The maximum Gasteiger partial charge on any atom is 0.435 e. The van der Waals surface area contributed by atoms with Gasteiger partial charge in [0.2, 0.25) is 5.95 Å². The number of halogens is 8. The topological polar surface area (TPSA) is 12.9 Å². The van der Waals surface area contributed by atoms with Crippen LogP contribution in [0.25, 0.3) is 11.1 Å². The molecule has 0 amide bonds. The molecule has 0 saturated heterocycles. The van der Waals surface area contributed by atoms with Crippen LogP contribution in [0.5, 0.6) is 0 Å². The number of nitrogens with zero attached hydrogens (tertiary/aromatic N) is 1. The van der Waals surface area contributed by atoms with Gasteiger partial charge in [0.05, 0.1) is 0 Å². The zero-order valence-electron chi connectivity index (χ0n) is 12.9. The van der Waals surface area contributed by atoms with Crippen LogP contribution in [-0.4, -0.2) is 17.3 Å². The number of rotatable bonds is 2. The second-order valence-electron chi connectivity index (χ2n) is 5.50. The molecule has 9 heteroatoms. The van der Waals surface area contributed by atoms with Crippen molar-refractivity contribution < 1.29 is 35.1 Å². The minimum absolute atomic E-state index is 0.0314. The molecule has 2 aromatic rings. The molecule has 0 spiro atoms. The summed E-state index contributed by atoms with van der Waals surface area (Å²) < 4.78 is 107. The maximum atomic E-state index is 14.6. The predicted octanol–water partition coefficient (Wildman–Crippen LogP) is 5.79. The SMILES string of the molecule is Cc1cc(C)c(-c2cccnc2F)c(C(F)(C(F)(F)F)C(F)(F)F)c1. The van der Waals surface area contributed by atoms with E-state index in [9.17, 15) is 35.1 Å². The first-order valence-electron chi connectivity index (χ1n) is 6.85. The largest absolute Gasteiger partial charge is 0.435 e. The van der Waals surface area contributed by atoms with Crippen molar-refractivity contribution in [3.05, 3.63) is 53.1 Å². The molecule has 0 saturated carbocycles. The molecule has 1 heterocycles. The summed E-state index contributed by atoms with van der Waals surface area (Å²) in [6.07, 6.45) is -11.6. The Morgan fingerprint density at radius 3 is 1.92 bits per heavy atom. The van der Waals surface area contributed by atoms with E-state index in [1.54, 1.807) is 0 Å². The van der Waals surface area contributed by atoms with Crippen LogP contribution in [0.3, 0.4) is 0 Å². The monoisotopic (exact) mass is 369 g/mol. The lowest BCUT2D eigenvalue weighted by atomic mass is 9.84. The quantitative estimate of drug-likeness (QED) is 0.482. The molecule has 0 N–H and O–H groups in total. The molecule has 1 nitrogen and oxygen atoms in total. The van der Waals surface area contributed by atoms with Crippen molar-refractivity contribution in [3.63, 3.8) is 0 Å². The van der Waals surface area contributed by atoms with E-state index in [2.05, 4.69) is 4.98 Å². The minimum Gasteiger partial charge on any atom is -0.228 e. The van der Waals surface area contributed by atoms with Gasteiger partial charge >= 0.3 is 18.0 Å². The molecule has 136 valence electrons. The van der Waals surface area contributed by atoms with Gasteiger partial charge in [-0.3, -0.25) is 0 Å². The lowest BCUT2D eigenvalue weighted by Gasteiger charge is -2.32. The number of aromatic nitrogens is 1. The molecule has 0 aliphatic heterocycles. The summed E-state index contributed by atoms with van der Waals surface area (Å²) in [7, 11) is 0. The van der Waals surface area contributed by atoms with E-state index in [1.165, 1.54) is 19.9 Å². The van der Waals surface area contributed by atoms with E-state index in [0.29, 0.717) is 6.07 Å². The average molecular weight is 369 g/mol. The average Bonchev–Trinajstić information content (AvgIpc) is 2.44. The molecule has 0 fully saturated rings. The lowest BCUT2D eigenvalue weighted by molar-refractivity contribution is -0.348. The highest BCUT2D eigenvalue weighted by Gasteiger charge is 2.74. The Balaban J connectivity index is 2.97. The van der Waals surface area contributed by atoms with E-state index in [0.717, 1.165) is 18.3 Å². The summed E-state index contributed by atoms with van der Waals surface area (Å²) in [6.45, 7) is 2.39. The summed E-state index contributed by atoms with van der Waals surface area (Å²) in [4.78, 5) is 3.21. The Morgan fingerprint density at radius 2 is 1.44 bits per heavy atom. The molecule has 25 heavy (non-hydrogen) atoms. The first-order valence-corrected chi connectivity index (χ1v) is 6.85. The number of benzene rings is 1. The second kappa shape index (κ2) is 5.96. The van der Waals surface area contributed by atoms with Crippen molar-refractivity contribution >= 4 is 0 Å². The van der Waals surface area contributed by atoms with E-state index >= 15 is 0 Å². The zero-order chi connectivity index (χ0) is 19.2. The minimum atomic E-state index is -6.29. The Morgan fingerprint density at radius 1 is 0.880 bits per heavy atom. The summed E-state index contributed by atoms with van der Waals surface area (Å²) in [5.41, 5.74) is -9.02. The zero-order valence-corrected chi connectivity index (χ0v) is 12.9. The van der Waals surface area contributed by atoms with Crippen LogP contribution in [0.4, 0.5) is 35.1 Å². The van der Waals surface area contributed by atoms with Crippen molar-refractivity contribution in [1.82, 2.24) is 4.98 Å². The Kier molecular flexibility index (Phi) is 4.56.